The van der Waals surface area contributed by atoms with Crippen LogP contribution in [0.5, 0.6) is 0 Å². The predicted molar refractivity (Wildman–Crippen MR) is 86.8 cm³/mol. The van der Waals surface area contributed by atoms with E-state index in [1.54, 1.807) is 31.3 Å². The molecule has 0 radical (unpaired) electrons. The van der Waals surface area contributed by atoms with Crippen molar-refractivity contribution in [1.82, 2.24) is 10.2 Å². The van der Waals surface area contributed by atoms with Crippen LogP contribution in [-0.4, -0.2) is 30.4 Å². The first-order chi connectivity index (χ1) is 11.0. The van der Waals surface area contributed by atoms with E-state index >= 15 is 0 Å². The number of aryl methyl sites for hydroxylation is 1. The van der Waals surface area contributed by atoms with Crippen LogP contribution in [-0.2, 0) is 4.74 Å². The number of methoxy groups -OCH3 is 1. The Balaban J connectivity index is 2.24. The average molecular weight is 311 g/mol. The third-order valence-electron chi connectivity index (χ3n) is 3.53. The second kappa shape index (κ2) is 6.75. The van der Waals surface area contributed by atoms with E-state index in [-0.39, 0.29) is 0 Å². The summed E-state index contributed by atoms with van der Waals surface area (Å²) in [6.45, 7) is 3.65. The summed E-state index contributed by atoms with van der Waals surface area (Å²) in [5.74, 6) is 0.407. The van der Waals surface area contributed by atoms with E-state index in [1.807, 2.05) is 13.8 Å². The van der Waals surface area contributed by atoms with E-state index in [4.69, 9.17) is 0 Å². The van der Waals surface area contributed by atoms with Crippen LogP contribution in [0.15, 0.2) is 24.3 Å². The van der Waals surface area contributed by atoms with Crippen molar-refractivity contribution in [1.29, 1.82) is 5.26 Å². The van der Waals surface area contributed by atoms with Gasteiger partial charge < -0.3 is 10.1 Å². The summed E-state index contributed by atoms with van der Waals surface area (Å²) in [4.78, 5) is 12.9. The number of nitriles is 1. The normalized spacial score (nSPS) is 9.87. The molecule has 7 heteroatoms. The van der Waals surface area contributed by atoms with Gasteiger partial charge in [0.2, 0.25) is 0 Å². The Bertz CT molecular complexity index is 765. The Labute approximate surface area is 134 Å². The highest BCUT2D eigenvalue weighted by molar-refractivity contribution is 5.87. The molecule has 2 rings (SSSR count). The van der Waals surface area contributed by atoms with E-state index < -0.39 is 6.09 Å². The third kappa shape index (κ3) is 3.37. The summed E-state index contributed by atoms with van der Waals surface area (Å²) in [7, 11) is 2.95. The maximum Gasteiger partial charge on any atom is 0.413 e. The summed E-state index contributed by atoms with van der Waals surface area (Å²) in [6, 6.07) is 9.24. The van der Waals surface area contributed by atoms with Crippen LogP contribution >= 0.6 is 0 Å². The topological polar surface area (TPSA) is 91.1 Å². The van der Waals surface area contributed by atoms with Gasteiger partial charge in [-0.3, -0.25) is 4.90 Å². The van der Waals surface area contributed by atoms with Gasteiger partial charge in [0, 0.05) is 18.4 Å². The molecule has 0 fully saturated rings. The van der Waals surface area contributed by atoms with Crippen LogP contribution in [0.3, 0.4) is 0 Å². The number of carbonyl (C=O) groups excluding carboxylic acids is 1. The van der Waals surface area contributed by atoms with Crippen molar-refractivity contribution >= 4 is 23.3 Å². The lowest BCUT2D eigenvalue weighted by Gasteiger charge is -2.16. The number of rotatable bonds is 3. The van der Waals surface area contributed by atoms with Gasteiger partial charge in [-0.25, -0.2) is 4.79 Å². The van der Waals surface area contributed by atoms with Crippen molar-refractivity contribution in [3.8, 4) is 6.07 Å². The monoisotopic (exact) mass is 311 g/mol. The standard InChI is InChI=1S/C16H17N5O2/c1-10-11(2)19-20-15(14(10)9-17)18-12-5-7-13(8-6-12)21(3)16(22)23-4/h5-8H,1-4H3,(H,18,20). The van der Waals surface area contributed by atoms with Gasteiger partial charge in [-0.05, 0) is 43.7 Å². The zero-order valence-corrected chi connectivity index (χ0v) is 13.4. The van der Waals surface area contributed by atoms with Crippen LogP contribution < -0.4 is 10.2 Å². The highest BCUT2D eigenvalue weighted by Crippen LogP contribution is 2.23. The first-order valence-corrected chi connectivity index (χ1v) is 6.90. The Kier molecular flexibility index (Phi) is 4.76. The third-order valence-corrected chi connectivity index (χ3v) is 3.53. The quantitative estimate of drug-likeness (QED) is 0.937. The highest BCUT2D eigenvalue weighted by atomic mass is 16.5. The first-order valence-electron chi connectivity index (χ1n) is 6.90. The lowest BCUT2D eigenvalue weighted by molar-refractivity contribution is 0.180. The number of aromatic nitrogens is 2. The molecule has 1 N–H and O–H groups in total. The van der Waals surface area contributed by atoms with Crippen LogP contribution in [0.25, 0.3) is 0 Å². The molecule has 2 aromatic rings. The van der Waals surface area contributed by atoms with Gasteiger partial charge in [-0.2, -0.15) is 10.4 Å². The van der Waals surface area contributed by atoms with Crippen molar-refractivity contribution < 1.29 is 9.53 Å². The zero-order valence-electron chi connectivity index (χ0n) is 13.4. The van der Waals surface area contributed by atoms with Gasteiger partial charge >= 0.3 is 6.09 Å². The summed E-state index contributed by atoms with van der Waals surface area (Å²) in [5.41, 5.74) is 3.41. The fourth-order valence-corrected chi connectivity index (χ4v) is 1.98. The van der Waals surface area contributed by atoms with Crippen molar-refractivity contribution in [2.24, 2.45) is 0 Å². The van der Waals surface area contributed by atoms with E-state index in [1.165, 1.54) is 12.0 Å². The molecule has 0 aliphatic heterocycles. The molecule has 23 heavy (non-hydrogen) atoms. The fraction of sp³-hybridized carbons (Fsp3) is 0.250. The van der Waals surface area contributed by atoms with Crippen LogP contribution in [0.4, 0.5) is 22.0 Å². The van der Waals surface area contributed by atoms with Crippen molar-refractivity contribution in [3.63, 3.8) is 0 Å². The molecular weight excluding hydrogens is 294 g/mol. The number of ether oxygens (including phenoxy) is 1. The minimum atomic E-state index is -0.447. The molecule has 1 amide bonds. The number of amides is 1. The van der Waals surface area contributed by atoms with E-state index in [0.717, 1.165) is 16.9 Å². The van der Waals surface area contributed by atoms with Crippen molar-refractivity contribution in [2.75, 3.05) is 24.4 Å². The summed E-state index contributed by atoms with van der Waals surface area (Å²) in [5, 5.41) is 20.4. The summed E-state index contributed by atoms with van der Waals surface area (Å²) in [6.07, 6.45) is -0.447. The zero-order chi connectivity index (χ0) is 17.0. The largest absolute Gasteiger partial charge is 0.452 e. The predicted octanol–water partition coefficient (Wildman–Crippen LogP) is 2.91. The molecule has 0 saturated carbocycles. The van der Waals surface area contributed by atoms with E-state index in [9.17, 15) is 10.1 Å². The molecule has 0 aliphatic carbocycles. The van der Waals surface area contributed by atoms with E-state index in [2.05, 4.69) is 26.3 Å². The van der Waals surface area contributed by atoms with Gasteiger partial charge in [0.25, 0.3) is 0 Å². The van der Waals surface area contributed by atoms with Crippen molar-refractivity contribution in [3.05, 3.63) is 41.1 Å². The number of benzene rings is 1. The molecule has 0 spiro atoms. The van der Waals surface area contributed by atoms with E-state index in [0.29, 0.717) is 17.1 Å². The molecule has 7 nitrogen and oxygen atoms in total. The second-order valence-electron chi connectivity index (χ2n) is 4.95. The Hall–Kier alpha value is -3.14. The lowest BCUT2D eigenvalue weighted by atomic mass is 10.1. The molecule has 0 saturated heterocycles. The van der Waals surface area contributed by atoms with Crippen molar-refractivity contribution in [2.45, 2.75) is 13.8 Å². The van der Waals surface area contributed by atoms with Gasteiger partial charge in [0.1, 0.15) is 11.6 Å². The molecule has 0 bridgehead atoms. The fourth-order valence-electron chi connectivity index (χ4n) is 1.98. The Morgan fingerprint density at radius 1 is 1.26 bits per heavy atom. The highest BCUT2D eigenvalue weighted by Gasteiger charge is 2.12. The Morgan fingerprint density at radius 2 is 1.91 bits per heavy atom. The van der Waals surface area contributed by atoms with Crippen LogP contribution in [0.2, 0.25) is 0 Å². The SMILES string of the molecule is COC(=O)N(C)c1ccc(Nc2nnc(C)c(C)c2C#N)cc1. The molecule has 1 aromatic carbocycles. The van der Waals surface area contributed by atoms with Gasteiger partial charge in [-0.15, -0.1) is 5.10 Å². The summed E-state index contributed by atoms with van der Waals surface area (Å²) >= 11 is 0. The molecule has 0 unspecified atom stereocenters. The van der Waals surface area contributed by atoms with Crippen LogP contribution in [0.1, 0.15) is 16.8 Å². The molecule has 118 valence electrons. The van der Waals surface area contributed by atoms with Gasteiger partial charge in [0.05, 0.1) is 12.8 Å². The molecule has 1 heterocycles. The number of carbonyl (C=O) groups is 1. The molecule has 0 atom stereocenters. The molecule has 1 aromatic heterocycles. The van der Waals surface area contributed by atoms with Gasteiger partial charge in [-0.1, -0.05) is 0 Å². The number of hydrogen-bond acceptors (Lipinski definition) is 6. The number of nitrogens with one attached hydrogen (secondary N) is 1. The maximum absolute atomic E-state index is 11.5. The maximum atomic E-state index is 11.5. The number of anilines is 3. The minimum absolute atomic E-state index is 0.407. The first kappa shape index (κ1) is 16.2. The molecule has 0 aliphatic rings. The van der Waals surface area contributed by atoms with Gasteiger partial charge in [0.15, 0.2) is 5.82 Å². The Morgan fingerprint density at radius 3 is 2.48 bits per heavy atom. The van der Waals surface area contributed by atoms with Crippen LogP contribution in [0, 0.1) is 25.2 Å². The molecular formula is C16H17N5O2. The number of nitrogens with zero attached hydrogens (tertiary/aromatic N) is 4. The second-order valence-corrected chi connectivity index (χ2v) is 4.95. The summed E-state index contributed by atoms with van der Waals surface area (Å²) < 4.78 is 4.66. The number of hydrogen-bond donors (Lipinski definition) is 1. The average Bonchev–Trinajstić information content (AvgIpc) is 2.58. The lowest BCUT2D eigenvalue weighted by Crippen LogP contribution is -2.25. The minimum Gasteiger partial charge on any atom is -0.452 e. The smallest absolute Gasteiger partial charge is 0.413 e.